The zero-order valence-electron chi connectivity index (χ0n) is 12.2. The van der Waals surface area contributed by atoms with Crippen LogP contribution in [0.4, 0.5) is 0 Å². The lowest BCUT2D eigenvalue weighted by molar-refractivity contribution is 0.531. The van der Waals surface area contributed by atoms with Gasteiger partial charge >= 0.3 is 0 Å². The number of hydrogen-bond acceptors (Lipinski definition) is 2. The second-order valence-electron chi connectivity index (χ2n) is 6.38. The van der Waals surface area contributed by atoms with Crippen LogP contribution in [0.5, 0.6) is 0 Å². The maximum absolute atomic E-state index is 12.4. The first-order chi connectivity index (χ1) is 9.47. The predicted octanol–water partition coefficient (Wildman–Crippen LogP) is 4.33. The van der Waals surface area contributed by atoms with Crippen molar-refractivity contribution in [2.24, 2.45) is 0 Å². The first-order valence-electron chi connectivity index (χ1n) is 7.15. The van der Waals surface area contributed by atoms with Gasteiger partial charge < -0.3 is 0 Å². The lowest BCUT2D eigenvalue weighted by Crippen LogP contribution is -2.36. The van der Waals surface area contributed by atoms with Gasteiger partial charge in [0.1, 0.15) is 0 Å². The van der Waals surface area contributed by atoms with Gasteiger partial charge in [0.2, 0.25) is 0 Å². The van der Waals surface area contributed by atoms with Crippen molar-refractivity contribution in [3.8, 4) is 0 Å². The van der Waals surface area contributed by atoms with Crippen molar-refractivity contribution in [1.29, 1.82) is 0 Å². The van der Waals surface area contributed by atoms with Crippen molar-refractivity contribution in [2.75, 3.05) is 0 Å². The SMILES string of the molecule is CC(C)(C)S(=O)N[C@@H]1CCCc2sc3ccccc3c21. The third kappa shape index (κ3) is 2.57. The van der Waals surface area contributed by atoms with Gasteiger partial charge in [0.15, 0.2) is 0 Å². The number of aryl methyl sites for hydroxylation is 1. The normalized spacial score (nSPS) is 20.9. The molecule has 0 radical (unpaired) electrons. The van der Waals surface area contributed by atoms with Crippen molar-refractivity contribution in [3.05, 3.63) is 34.7 Å². The molecule has 0 aliphatic heterocycles. The molecule has 1 unspecified atom stereocenters. The van der Waals surface area contributed by atoms with E-state index in [1.807, 2.05) is 32.1 Å². The first kappa shape index (κ1) is 14.2. The number of fused-ring (bicyclic) bond motifs is 3. The molecule has 1 aliphatic rings. The van der Waals surface area contributed by atoms with Gasteiger partial charge in [-0.1, -0.05) is 18.2 Å². The largest absolute Gasteiger partial charge is 0.242 e. The fourth-order valence-electron chi connectivity index (χ4n) is 2.72. The molecular weight excluding hydrogens is 286 g/mol. The Hall–Kier alpha value is -0.710. The third-order valence-corrected chi connectivity index (χ3v) is 6.62. The van der Waals surface area contributed by atoms with Crippen LogP contribution in [0.25, 0.3) is 10.1 Å². The Balaban J connectivity index is 1.99. The lowest BCUT2D eigenvalue weighted by atomic mass is 9.92. The molecule has 1 N–H and O–H groups in total. The molecule has 1 heterocycles. The number of rotatable bonds is 2. The minimum atomic E-state index is -1.01. The molecule has 1 aliphatic carbocycles. The van der Waals surface area contributed by atoms with Crippen LogP contribution in [0, 0.1) is 0 Å². The predicted molar refractivity (Wildman–Crippen MR) is 88.5 cm³/mol. The third-order valence-electron chi connectivity index (χ3n) is 3.76. The van der Waals surface area contributed by atoms with Crippen LogP contribution in [-0.4, -0.2) is 8.96 Å². The summed E-state index contributed by atoms with van der Waals surface area (Å²) in [6, 6.07) is 8.82. The maximum atomic E-state index is 12.4. The Morgan fingerprint density at radius 3 is 2.80 bits per heavy atom. The molecule has 0 spiro atoms. The van der Waals surface area contributed by atoms with Gasteiger partial charge in [0.25, 0.3) is 0 Å². The van der Waals surface area contributed by atoms with Crippen molar-refractivity contribution < 1.29 is 4.21 Å². The summed E-state index contributed by atoms with van der Waals surface area (Å²) in [5.74, 6) is 0. The van der Waals surface area contributed by atoms with E-state index in [9.17, 15) is 4.21 Å². The Morgan fingerprint density at radius 1 is 1.30 bits per heavy atom. The summed E-state index contributed by atoms with van der Waals surface area (Å²) in [7, 11) is -1.01. The summed E-state index contributed by atoms with van der Waals surface area (Å²) in [4.78, 5) is 1.47. The van der Waals surface area contributed by atoms with Crippen molar-refractivity contribution in [1.82, 2.24) is 4.72 Å². The summed E-state index contributed by atoms with van der Waals surface area (Å²) < 4.78 is 16.9. The smallest absolute Gasteiger partial charge is 0.0975 e. The van der Waals surface area contributed by atoms with E-state index in [0.717, 1.165) is 12.8 Å². The summed E-state index contributed by atoms with van der Waals surface area (Å²) in [6.45, 7) is 6.06. The molecule has 2 aromatic rings. The molecule has 2 atom stereocenters. The van der Waals surface area contributed by atoms with Crippen LogP contribution in [-0.2, 0) is 17.4 Å². The van der Waals surface area contributed by atoms with Crippen molar-refractivity contribution in [2.45, 2.75) is 50.8 Å². The van der Waals surface area contributed by atoms with Crippen molar-refractivity contribution >= 4 is 32.4 Å². The first-order valence-corrected chi connectivity index (χ1v) is 9.12. The van der Waals surface area contributed by atoms with Crippen molar-refractivity contribution in [3.63, 3.8) is 0 Å². The molecule has 0 saturated heterocycles. The number of nitrogens with one attached hydrogen (secondary N) is 1. The molecule has 1 aromatic heterocycles. The average Bonchev–Trinajstić information content (AvgIpc) is 2.76. The maximum Gasteiger partial charge on any atom is 0.0975 e. The van der Waals surface area contributed by atoms with Crippen LogP contribution in [0.15, 0.2) is 24.3 Å². The summed E-state index contributed by atoms with van der Waals surface area (Å²) in [5.41, 5.74) is 1.40. The molecule has 0 fully saturated rings. The standard InChI is InChI=1S/C16H21NOS2/c1-16(2,3)20(18)17-12-8-6-10-14-15(12)11-7-4-5-9-13(11)19-14/h4-5,7,9,12,17H,6,8,10H2,1-3H3/t12-,20?/m1/s1. The molecule has 2 nitrogen and oxygen atoms in total. The molecule has 0 amide bonds. The molecule has 0 bridgehead atoms. The van der Waals surface area contributed by atoms with Gasteiger partial charge in [-0.2, -0.15) is 0 Å². The number of hydrogen-bond donors (Lipinski definition) is 1. The monoisotopic (exact) mass is 307 g/mol. The van der Waals surface area contributed by atoms with E-state index < -0.39 is 11.0 Å². The highest BCUT2D eigenvalue weighted by Crippen LogP contribution is 2.41. The topological polar surface area (TPSA) is 29.1 Å². The van der Waals surface area contributed by atoms with Gasteiger partial charge in [-0.05, 0) is 57.0 Å². The van der Waals surface area contributed by atoms with Gasteiger partial charge in [-0.25, -0.2) is 8.93 Å². The minimum Gasteiger partial charge on any atom is -0.242 e. The lowest BCUT2D eigenvalue weighted by Gasteiger charge is -2.27. The van der Waals surface area contributed by atoms with Crippen LogP contribution >= 0.6 is 11.3 Å². The quantitative estimate of drug-likeness (QED) is 0.879. The summed E-state index contributed by atoms with van der Waals surface area (Å²) >= 11 is 1.90. The zero-order valence-corrected chi connectivity index (χ0v) is 13.9. The molecular formula is C16H21NOS2. The van der Waals surface area contributed by atoms with E-state index in [0.29, 0.717) is 0 Å². The average molecular weight is 307 g/mol. The Bertz CT molecular complexity index is 654. The van der Waals surface area contributed by atoms with Gasteiger partial charge in [-0.3, -0.25) is 0 Å². The molecule has 1 aromatic carbocycles. The minimum absolute atomic E-state index is 0.219. The van der Waals surface area contributed by atoms with E-state index in [4.69, 9.17) is 0 Å². The summed E-state index contributed by atoms with van der Waals surface area (Å²) in [5, 5.41) is 1.34. The highest BCUT2D eigenvalue weighted by Gasteiger charge is 2.29. The van der Waals surface area contributed by atoms with E-state index >= 15 is 0 Å². The van der Waals surface area contributed by atoms with Gasteiger partial charge in [0, 0.05) is 15.6 Å². The van der Waals surface area contributed by atoms with E-state index in [1.165, 1.54) is 26.9 Å². The highest BCUT2D eigenvalue weighted by atomic mass is 32.2. The molecule has 108 valence electrons. The van der Waals surface area contributed by atoms with E-state index in [2.05, 4.69) is 29.0 Å². The van der Waals surface area contributed by atoms with Crippen LogP contribution in [0.3, 0.4) is 0 Å². The van der Waals surface area contributed by atoms with Crippen LogP contribution in [0.2, 0.25) is 0 Å². The fourth-order valence-corrected chi connectivity index (χ4v) is 4.87. The van der Waals surface area contributed by atoms with E-state index in [-0.39, 0.29) is 10.8 Å². The number of benzene rings is 1. The van der Waals surface area contributed by atoms with Gasteiger partial charge in [0.05, 0.1) is 15.7 Å². The Morgan fingerprint density at radius 2 is 2.05 bits per heavy atom. The zero-order chi connectivity index (χ0) is 14.3. The van der Waals surface area contributed by atoms with Gasteiger partial charge in [-0.15, -0.1) is 11.3 Å². The second-order valence-corrected chi connectivity index (χ2v) is 9.51. The molecule has 0 saturated carbocycles. The molecule has 3 rings (SSSR count). The van der Waals surface area contributed by atoms with E-state index in [1.54, 1.807) is 0 Å². The molecule has 4 heteroatoms. The fraction of sp³-hybridized carbons (Fsp3) is 0.500. The summed E-state index contributed by atoms with van der Waals surface area (Å²) in [6.07, 6.45) is 3.42. The van der Waals surface area contributed by atoms with Crippen LogP contribution < -0.4 is 4.72 Å². The molecule has 20 heavy (non-hydrogen) atoms. The Labute approximate surface area is 127 Å². The number of thiophene rings is 1. The van der Waals surface area contributed by atoms with Crippen LogP contribution in [0.1, 0.15) is 50.1 Å². The second kappa shape index (κ2) is 5.24. The Kier molecular flexibility index (Phi) is 3.73. The highest BCUT2D eigenvalue weighted by molar-refractivity contribution is 7.84.